The Morgan fingerprint density at radius 2 is 0.860 bits per heavy atom. The maximum absolute atomic E-state index is 5.26. The highest BCUT2D eigenvalue weighted by atomic mass is 15.1. The predicted octanol–water partition coefficient (Wildman–Crippen LogP) is 15.1. The average Bonchev–Trinajstić information content (AvgIpc) is 3.65. The van der Waals surface area contributed by atoms with Crippen molar-refractivity contribution in [3.8, 4) is 33.6 Å². The first-order chi connectivity index (χ1) is 28.2. The van der Waals surface area contributed by atoms with Gasteiger partial charge in [-0.15, -0.1) is 0 Å². The Balaban J connectivity index is 1.09. The second-order valence-electron chi connectivity index (χ2n) is 15.3. The molecule has 0 radical (unpaired) electrons. The van der Waals surface area contributed by atoms with Crippen LogP contribution in [0.15, 0.2) is 188 Å². The van der Waals surface area contributed by atoms with Gasteiger partial charge in [0.25, 0.3) is 0 Å². The molecule has 0 N–H and O–H groups in total. The third kappa shape index (κ3) is 4.68. The highest BCUT2D eigenvalue weighted by Crippen LogP contribution is 2.45. The van der Waals surface area contributed by atoms with Gasteiger partial charge in [-0.05, 0) is 129 Å². The molecule has 0 saturated heterocycles. The topological polar surface area (TPSA) is 17.8 Å². The molecular weight excluding hydrogens is 689 g/mol. The molecule has 0 aliphatic heterocycles. The molecule has 266 valence electrons. The minimum absolute atomic E-state index is 0.842. The molecule has 57 heavy (non-hydrogen) atoms. The number of aromatic nitrogens is 2. The van der Waals surface area contributed by atoms with Crippen LogP contribution in [0.1, 0.15) is 6.92 Å². The van der Waals surface area contributed by atoms with Crippen molar-refractivity contribution in [1.82, 2.24) is 9.55 Å². The molecule has 0 fully saturated rings. The molecule has 12 aromatic rings. The fraction of sp³-hybridized carbons (Fsp3) is 0.0364. The number of aryl methyl sites for hydroxylation is 1. The highest BCUT2D eigenvalue weighted by molar-refractivity contribution is 6.33. The average molecular weight is 725 g/mol. The minimum Gasteiger partial charge on any atom is -0.324 e. The summed E-state index contributed by atoms with van der Waals surface area (Å²) in [7, 11) is 0. The van der Waals surface area contributed by atoms with Crippen molar-refractivity contribution in [2.24, 2.45) is 0 Å². The van der Waals surface area contributed by atoms with Gasteiger partial charge in [-0.3, -0.25) is 0 Å². The van der Waals surface area contributed by atoms with Gasteiger partial charge in [0.05, 0.1) is 11.0 Å². The van der Waals surface area contributed by atoms with Crippen LogP contribution in [0.4, 0.5) is 0 Å². The Labute approximate surface area is 329 Å². The normalized spacial score (nSPS) is 12.0. The quantitative estimate of drug-likeness (QED) is 0.131. The van der Waals surface area contributed by atoms with E-state index in [1.54, 1.807) is 0 Å². The van der Waals surface area contributed by atoms with Gasteiger partial charge in [0.2, 0.25) is 0 Å². The van der Waals surface area contributed by atoms with E-state index < -0.39 is 0 Å². The Hall–Kier alpha value is -7.29. The zero-order chi connectivity index (χ0) is 37.6. The molecule has 0 bridgehead atoms. The maximum atomic E-state index is 5.26. The third-order valence-corrected chi connectivity index (χ3v) is 12.3. The first kappa shape index (κ1) is 32.0. The van der Waals surface area contributed by atoms with Gasteiger partial charge in [-0.1, -0.05) is 164 Å². The molecule has 0 unspecified atom stereocenters. The summed E-state index contributed by atoms with van der Waals surface area (Å²) in [4.78, 5) is 5.26. The third-order valence-electron chi connectivity index (χ3n) is 12.3. The molecule has 11 aromatic carbocycles. The lowest BCUT2D eigenvalue weighted by molar-refractivity contribution is 0.798. The lowest BCUT2D eigenvalue weighted by Gasteiger charge is -2.18. The summed E-state index contributed by atoms with van der Waals surface area (Å²) in [6.45, 7) is 3.05. The van der Waals surface area contributed by atoms with Crippen LogP contribution in [0.3, 0.4) is 0 Å². The summed E-state index contributed by atoms with van der Waals surface area (Å²) in [5.41, 5.74) is 8.26. The van der Waals surface area contributed by atoms with Crippen LogP contribution in [0.2, 0.25) is 0 Å². The highest BCUT2D eigenvalue weighted by Gasteiger charge is 2.21. The summed E-state index contributed by atoms with van der Waals surface area (Å²) in [6, 6.07) is 69.5. The summed E-state index contributed by atoms with van der Waals surface area (Å²) in [5.74, 6) is 1.02. The number of para-hydroxylation sites is 2. The van der Waals surface area contributed by atoms with E-state index in [9.17, 15) is 0 Å². The standard InChI is InChI=1S/C55H36N2/c1-2-57-50-25-12-11-24-49(50)56-55(57)54-46-21-9-7-19-44(46)51(45-20-8-10-22-47(45)54)36-28-26-34(27-29-36)38-32-37-31-30-35-14-13-23-43-41-17-5-3-15-39(41)40-16-4-6-18-42(40)48(33-38)53(37)52(35)43/h3-33H,2H2,1H3. The summed E-state index contributed by atoms with van der Waals surface area (Å²) < 4.78 is 2.36. The van der Waals surface area contributed by atoms with Crippen molar-refractivity contribution in [2.75, 3.05) is 0 Å². The molecule has 1 aromatic heterocycles. The fourth-order valence-corrected chi connectivity index (χ4v) is 9.85. The second kappa shape index (κ2) is 12.4. The molecule has 2 nitrogen and oxygen atoms in total. The predicted molar refractivity (Wildman–Crippen MR) is 244 cm³/mol. The first-order valence-corrected chi connectivity index (χ1v) is 19.9. The number of hydrogen-bond acceptors (Lipinski definition) is 1. The Bertz CT molecular complexity index is 3550. The lowest BCUT2D eigenvalue weighted by atomic mass is 9.87. The molecular formula is C55H36N2. The lowest BCUT2D eigenvalue weighted by Crippen LogP contribution is -1.99. The molecule has 12 rings (SSSR count). The zero-order valence-corrected chi connectivity index (χ0v) is 31.5. The van der Waals surface area contributed by atoms with Gasteiger partial charge < -0.3 is 4.57 Å². The van der Waals surface area contributed by atoms with Gasteiger partial charge >= 0.3 is 0 Å². The van der Waals surface area contributed by atoms with Crippen LogP contribution in [-0.2, 0) is 6.54 Å². The fourth-order valence-electron chi connectivity index (χ4n) is 9.85. The van der Waals surface area contributed by atoms with Gasteiger partial charge in [0.1, 0.15) is 5.82 Å². The summed E-state index contributed by atoms with van der Waals surface area (Å²) in [6.07, 6.45) is 0. The van der Waals surface area contributed by atoms with Crippen molar-refractivity contribution in [3.05, 3.63) is 188 Å². The number of rotatable bonds is 4. The summed E-state index contributed by atoms with van der Waals surface area (Å²) >= 11 is 0. The van der Waals surface area contributed by atoms with Crippen LogP contribution in [0.5, 0.6) is 0 Å². The van der Waals surface area contributed by atoms with Gasteiger partial charge in [-0.25, -0.2) is 4.98 Å². The smallest absolute Gasteiger partial charge is 0.142 e. The van der Waals surface area contributed by atoms with Crippen molar-refractivity contribution < 1.29 is 0 Å². The van der Waals surface area contributed by atoms with E-state index in [4.69, 9.17) is 4.98 Å². The van der Waals surface area contributed by atoms with Crippen molar-refractivity contribution in [2.45, 2.75) is 13.5 Å². The molecule has 0 saturated carbocycles. The van der Waals surface area contributed by atoms with E-state index in [0.29, 0.717) is 0 Å². The first-order valence-electron chi connectivity index (χ1n) is 19.9. The second-order valence-corrected chi connectivity index (χ2v) is 15.3. The number of nitrogens with zero attached hydrogens (tertiary/aromatic N) is 2. The summed E-state index contributed by atoms with van der Waals surface area (Å²) in [5, 5.41) is 17.7. The van der Waals surface area contributed by atoms with Crippen LogP contribution < -0.4 is 0 Å². The van der Waals surface area contributed by atoms with Gasteiger partial charge in [0.15, 0.2) is 0 Å². The van der Waals surface area contributed by atoms with Crippen molar-refractivity contribution >= 4 is 86.4 Å². The largest absolute Gasteiger partial charge is 0.324 e. The van der Waals surface area contributed by atoms with E-state index in [2.05, 4.69) is 200 Å². The van der Waals surface area contributed by atoms with Crippen molar-refractivity contribution in [3.63, 3.8) is 0 Å². The van der Waals surface area contributed by atoms with Gasteiger partial charge in [0, 0.05) is 12.1 Å². The molecule has 0 atom stereocenters. The number of hydrogen-bond donors (Lipinski definition) is 0. The van der Waals surface area contributed by atoms with E-state index in [1.807, 2.05) is 0 Å². The monoisotopic (exact) mass is 724 g/mol. The maximum Gasteiger partial charge on any atom is 0.142 e. The number of fused-ring (bicyclic) bond motifs is 8. The Kier molecular flexibility index (Phi) is 6.94. The molecule has 0 spiro atoms. The van der Waals surface area contributed by atoms with Gasteiger partial charge in [-0.2, -0.15) is 0 Å². The van der Waals surface area contributed by atoms with Crippen LogP contribution >= 0.6 is 0 Å². The molecule has 0 aliphatic carbocycles. The van der Waals surface area contributed by atoms with Crippen LogP contribution in [-0.4, -0.2) is 9.55 Å². The minimum atomic E-state index is 0.842. The van der Waals surface area contributed by atoms with E-state index in [-0.39, 0.29) is 0 Å². The SMILES string of the molecule is CCn1c(-c2c3ccccc3c(-c3ccc(-c4cc5ccc6cccc7c8ccccc8c8ccccc8c(c4)c5c67)cc3)c3ccccc23)nc2ccccc21. The van der Waals surface area contributed by atoms with E-state index in [1.165, 1.54) is 109 Å². The van der Waals surface area contributed by atoms with E-state index >= 15 is 0 Å². The Morgan fingerprint density at radius 3 is 1.51 bits per heavy atom. The molecule has 0 aliphatic rings. The molecule has 2 heteroatoms. The number of imidazole rings is 1. The Morgan fingerprint density at radius 1 is 0.368 bits per heavy atom. The molecule has 1 heterocycles. The molecule has 0 amide bonds. The van der Waals surface area contributed by atoms with E-state index in [0.717, 1.165) is 17.9 Å². The van der Waals surface area contributed by atoms with Crippen LogP contribution in [0.25, 0.3) is 120 Å². The zero-order valence-electron chi connectivity index (χ0n) is 31.5. The van der Waals surface area contributed by atoms with Crippen molar-refractivity contribution in [1.29, 1.82) is 0 Å². The number of benzene rings is 10. The van der Waals surface area contributed by atoms with Crippen LogP contribution in [0, 0.1) is 0 Å².